The Morgan fingerprint density at radius 3 is 2.56 bits per heavy atom. The minimum absolute atomic E-state index is 0.116. The van der Waals surface area contributed by atoms with Gasteiger partial charge in [0.15, 0.2) is 0 Å². The Bertz CT molecular complexity index is 1510. The molecule has 3 N–H and O–H groups in total. The van der Waals surface area contributed by atoms with E-state index in [9.17, 15) is 4.79 Å². The van der Waals surface area contributed by atoms with Gasteiger partial charge >= 0.3 is 5.97 Å². The van der Waals surface area contributed by atoms with Crippen LogP contribution in [0.1, 0.15) is 16.1 Å². The molecule has 3 heterocycles. The van der Waals surface area contributed by atoms with E-state index >= 15 is 0 Å². The van der Waals surface area contributed by atoms with E-state index in [1.165, 1.54) is 0 Å². The lowest BCUT2D eigenvalue weighted by Crippen LogP contribution is -2.03. The molecule has 3 aromatic heterocycles. The maximum Gasteiger partial charge on any atom is 0.335 e. The lowest BCUT2D eigenvalue weighted by Gasteiger charge is -2.07. The highest BCUT2D eigenvalue weighted by molar-refractivity contribution is 5.95. The van der Waals surface area contributed by atoms with Crippen LogP contribution in [0.2, 0.25) is 0 Å². The summed E-state index contributed by atoms with van der Waals surface area (Å²) in [4.78, 5) is 24.4. The van der Waals surface area contributed by atoms with Gasteiger partial charge < -0.3 is 15.6 Å². The molecule has 10 heteroatoms. The van der Waals surface area contributed by atoms with Gasteiger partial charge in [0.25, 0.3) is 0 Å². The molecule has 0 aliphatic heterocycles. The van der Waals surface area contributed by atoms with Gasteiger partial charge in [0.05, 0.1) is 36.8 Å². The Balaban J connectivity index is 1.44. The number of carboxylic acids is 1. The zero-order valence-corrected chi connectivity index (χ0v) is 18.1. The van der Waals surface area contributed by atoms with Gasteiger partial charge in [-0.25, -0.2) is 19.4 Å². The minimum Gasteiger partial charge on any atom is -0.494 e. The summed E-state index contributed by atoms with van der Waals surface area (Å²) in [5.41, 5.74) is 10.2. The van der Waals surface area contributed by atoms with Gasteiger partial charge in [-0.3, -0.25) is 4.98 Å². The maximum atomic E-state index is 11.1. The quantitative estimate of drug-likeness (QED) is 0.396. The molecule has 0 aliphatic carbocycles. The second-order valence-electron chi connectivity index (χ2n) is 7.48. The van der Waals surface area contributed by atoms with E-state index in [1.54, 1.807) is 42.3 Å². The SMILES string of the molecule is COc1cccc2c(-c3cn(Cc4cccc(-c5ccc(C(=O)O)cc5)n4)nn3)nc(N)nc12. The summed E-state index contributed by atoms with van der Waals surface area (Å²) in [7, 11) is 1.57. The predicted octanol–water partition coefficient (Wildman–Crippen LogP) is 3.29. The lowest BCUT2D eigenvalue weighted by molar-refractivity contribution is 0.0697. The summed E-state index contributed by atoms with van der Waals surface area (Å²) in [6, 6.07) is 17.8. The van der Waals surface area contributed by atoms with Crippen LogP contribution < -0.4 is 10.5 Å². The summed E-state index contributed by atoms with van der Waals surface area (Å²) >= 11 is 0. The number of ether oxygens (including phenoxy) is 1. The second-order valence-corrected chi connectivity index (χ2v) is 7.48. The number of benzene rings is 2. The number of aromatic nitrogens is 6. The molecule has 0 unspecified atom stereocenters. The third-order valence-corrected chi connectivity index (χ3v) is 5.27. The molecule has 5 rings (SSSR count). The fourth-order valence-electron chi connectivity index (χ4n) is 3.67. The Morgan fingerprint density at radius 1 is 1.00 bits per heavy atom. The molecular formula is C24H19N7O3. The monoisotopic (exact) mass is 453 g/mol. The van der Waals surface area contributed by atoms with Crippen molar-refractivity contribution in [2.75, 3.05) is 12.8 Å². The number of nitrogens with zero attached hydrogens (tertiary/aromatic N) is 6. The molecule has 34 heavy (non-hydrogen) atoms. The minimum atomic E-state index is -0.966. The van der Waals surface area contributed by atoms with Crippen molar-refractivity contribution in [3.8, 4) is 28.4 Å². The van der Waals surface area contributed by atoms with Crippen LogP contribution in [0.4, 0.5) is 5.95 Å². The molecule has 0 bridgehead atoms. The first-order valence-electron chi connectivity index (χ1n) is 10.3. The predicted molar refractivity (Wildman–Crippen MR) is 125 cm³/mol. The van der Waals surface area contributed by atoms with Gasteiger partial charge in [-0.15, -0.1) is 5.10 Å². The Morgan fingerprint density at radius 2 is 1.79 bits per heavy atom. The fourth-order valence-corrected chi connectivity index (χ4v) is 3.67. The average Bonchev–Trinajstić information content (AvgIpc) is 3.31. The van der Waals surface area contributed by atoms with E-state index in [0.29, 0.717) is 29.2 Å². The number of para-hydroxylation sites is 1. The first-order chi connectivity index (χ1) is 16.5. The van der Waals surface area contributed by atoms with Gasteiger partial charge in [0.1, 0.15) is 22.7 Å². The zero-order chi connectivity index (χ0) is 23.7. The number of rotatable bonds is 6. The average molecular weight is 453 g/mol. The summed E-state index contributed by atoms with van der Waals surface area (Å²) in [6.45, 7) is 0.385. The van der Waals surface area contributed by atoms with E-state index in [1.807, 2.05) is 36.4 Å². The first kappa shape index (κ1) is 21.0. The molecule has 168 valence electrons. The van der Waals surface area contributed by atoms with Crippen LogP contribution in [0.5, 0.6) is 5.75 Å². The standard InChI is InChI=1S/C24H19N7O3/c1-34-20-7-3-5-17-21(27-24(25)28-22(17)20)19-13-31(30-29-19)12-16-4-2-6-18(26-16)14-8-10-15(11-9-14)23(32)33/h2-11,13H,12H2,1H3,(H,32,33)(H2,25,27,28). The molecule has 0 atom stereocenters. The largest absolute Gasteiger partial charge is 0.494 e. The van der Waals surface area contributed by atoms with E-state index in [-0.39, 0.29) is 11.5 Å². The van der Waals surface area contributed by atoms with E-state index in [0.717, 1.165) is 22.3 Å². The second kappa shape index (κ2) is 8.58. The van der Waals surface area contributed by atoms with Crippen LogP contribution in [0.25, 0.3) is 33.5 Å². The van der Waals surface area contributed by atoms with Gasteiger partial charge in [-0.2, -0.15) is 0 Å². The van der Waals surface area contributed by atoms with Crippen LogP contribution >= 0.6 is 0 Å². The van der Waals surface area contributed by atoms with Crippen molar-refractivity contribution >= 4 is 22.8 Å². The number of nitrogen functional groups attached to an aromatic ring is 1. The van der Waals surface area contributed by atoms with Gasteiger partial charge in [-0.05, 0) is 30.3 Å². The molecule has 5 aromatic rings. The lowest BCUT2D eigenvalue weighted by atomic mass is 10.1. The molecule has 0 amide bonds. The van der Waals surface area contributed by atoms with Crippen molar-refractivity contribution < 1.29 is 14.6 Å². The Kier molecular flexibility index (Phi) is 5.30. The highest BCUT2D eigenvalue weighted by Crippen LogP contribution is 2.30. The number of fused-ring (bicyclic) bond motifs is 1. The summed E-state index contributed by atoms with van der Waals surface area (Å²) < 4.78 is 7.06. The summed E-state index contributed by atoms with van der Waals surface area (Å²) in [6.07, 6.45) is 1.77. The number of nitrogens with two attached hydrogens (primary N) is 1. The number of methoxy groups -OCH3 is 1. The Hall–Kier alpha value is -4.86. The van der Waals surface area contributed by atoms with Crippen molar-refractivity contribution in [2.45, 2.75) is 6.54 Å². The van der Waals surface area contributed by atoms with Crippen LogP contribution in [0.3, 0.4) is 0 Å². The molecule has 0 saturated heterocycles. The van der Waals surface area contributed by atoms with Crippen molar-refractivity contribution in [2.24, 2.45) is 0 Å². The normalized spacial score (nSPS) is 11.0. The third kappa shape index (κ3) is 3.99. The zero-order valence-electron chi connectivity index (χ0n) is 18.1. The van der Waals surface area contributed by atoms with Crippen LogP contribution in [0, 0.1) is 0 Å². The van der Waals surface area contributed by atoms with Crippen LogP contribution in [0.15, 0.2) is 66.9 Å². The number of anilines is 1. The molecule has 0 radical (unpaired) electrons. The van der Waals surface area contributed by atoms with Crippen LogP contribution in [-0.2, 0) is 6.54 Å². The number of hydrogen-bond acceptors (Lipinski definition) is 8. The number of aromatic carboxylic acids is 1. The van der Waals surface area contributed by atoms with Gasteiger partial charge in [0, 0.05) is 10.9 Å². The molecular weight excluding hydrogens is 434 g/mol. The molecule has 2 aromatic carbocycles. The van der Waals surface area contributed by atoms with Crippen LogP contribution in [-0.4, -0.2) is 48.1 Å². The topological polar surface area (TPSA) is 142 Å². The Labute approximate surface area is 193 Å². The molecule has 0 aliphatic rings. The third-order valence-electron chi connectivity index (χ3n) is 5.27. The number of pyridine rings is 1. The fraction of sp³-hybridized carbons (Fsp3) is 0.0833. The van der Waals surface area contributed by atoms with E-state index < -0.39 is 5.97 Å². The molecule has 0 spiro atoms. The number of carbonyl (C=O) groups is 1. The summed E-state index contributed by atoms with van der Waals surface area (Å²) in [5, 5.41) is 18.3. The van der Waals surface area contributed by atoms with Crippen molar-refractivity contribution in [3.63, 3.8) is 0 Å². The summed E-state index contributed by atoms with van der Waals surface area (Å²) in [5.74, 6) is -0.255. The molecule has 0 saturated carbocycles. The maximum absolute atomic E-state index is 11.1. The highest BCUT2D eigenvalue weighted by Gasteiger charge is 2.15. The smallest absolute Gasteiger partial charge is 0.335 e. The van der Waals surface area contributed by atoms with Gasteiger partial charge in [-0.1, -0.05) is 35.5 Å². The number of hydrogen-bond donors (Lipinski definition) is 2. The van der Waals surface area contributed by atoms with E-state index in [4.69, 9.17) is 15.6 Å². The first-order valence-corrected chi connectivity index (χ1v) is 10.3. The van der Waals surface area contributed by atoms with Crippen molar-refractivity contribution in [1.29, 1.82) is 0 Å². The van der Waals surface area contributed by atoms with Crippen molar-refractivity contribution in [1.82, 2.24) is 29.9 Å². The van der Waals surface area contributed by atoms with Crippen molar-refractivity contribution in [3.05, 3.63) is 78.1 Å². The molecule has 0 fully saturated rings. The highest BCUT2D eigenvalue weighted by atomic mass is 16.5. The number of carboxylic acid groups (broad SMARTS) is 1. The molecule has 10 nitrogen and oxygen atoms in total. The van der Waals surface area contributed by atoms with E-state index in [2.05, 4.69) is 25.3 Å². The van der Waals surface area contributed by atoms with Gasteiger partial charge in [0.2, 0.25) is 5.95 Å².